The monoisotopic (exact) mass is 268 g/mol. The lowest BCUT2D eigenvalue weighted by Crippen LogP contribution is -2.64. The van der Waals surface area contributed by atoms with Crippen LogP contribution in [0.1, 0.15) is 52.4 Å². The van der Waals surface area contributed by atoms with Crippen molar-refractivity contribution in [2.45, 2.75) is 63.5 Å². The van der Waals surface area contributed by atoms with Crippen molar-refractivity contribution in [1.82, 2.24) is 10.2 Å². The summed E-state index contributed by atoms with van der Waals surface area (Å²) in [6, 6.07) is 0. The number of carboxylic acid groups (broad SMARTS) is 1. The summed E-state index contributed by atoms with van der Waals surface area (Å²) in [5, 5.41) is 12.8. The highest BCUT2D eigenvalue weighted by Crippen LogP contribution is 2.34. The molecule has 2 aliphatic rings. The second-order valence-electron chi connectivity index (χ2n) is 5.96. The maximum absolute atomic E-state index is 12.9. The fraction of sp³-hybridized carbons (Fsp3) is 0.857. The molecule has 0 spiro atoms. The number of hydrogen-bond donors (Lipinski definition) is 2. The van der Waals surface area contributed by atoms with Gasteiger partial charge in [0.1, 0.15) is 5.54 Å². The first-order valence-corrected chi connectivity index (χ1v) is 7.27. The number of carbonyl (C=O) groups is 2. The van der Waals surface area contributed by atoms with Gasteiger partial charge in [-0.25, -0.2) is 4.79 Å². The Morgan fingerprint density at radius 3 is 2.53 bits per heavy atom. The van der Waals surface area contributed by atoms with E-state index in [2.05, 4.69) is 5.32 Å². The van der Waals surface area contributed by atoms with Crippen LogP contribution in [-0.2, 0) is 9.59 Å². The lowest BCUT2D eigenvalue weighted by Gasteiger charge is -2.45. The molecule has 0 radical (unpaired) electrons. The maximum Gasteiger partial charge on any atom is 0.329 e. The molecule has 2 fully saturated rings. The molecular weight excluding hydrogens is 244 g/mol. The summed E-state index contributed by atoms with van der Waals surface area (Å²) in [6.45, 7) is 5.09. The van der Waals surface area contributed by atoms with Crippen LogP contribution in [0, 0.1) is 0 Å². The van der Waals surface area contributed by atoms with Crippen LogP contribution in [0.3, 0.4) is 0 Å². The van der Waals surface area contributed by atoms with Crippen LogP contribution in [0.25, 0.3) is 0 Å². The topological polar surface area (TPSA) is 69.6 Å². The molecule has 0 aromatic rings. The molecule has 2 unspecified atom stereocenters. The van der Waals surface area contributed by atoms with E-state index in [9.17, 15) is 14.7 Å². The van der Waals surface area contributed by atoms with Gasteiger partial charge in [-0.1, -0.05) is 6.92 Å². The number of piperidine rings is 1. The summed E-state index contributed by atoms with van der Waals surface area (Å²) in [7, 11) is 0. The van der Waals surface area contributed by atoms with E-state index < -0.39 is 17.0 Å². The average molecular weight is 268 g/mol. The Balaban J connectivity index is 2.27. The number of likely N-dealkylation sites (tertiary alicyclic amines) is 1. The van der Waals surface area contributed by atoms with E-state index in [-0.39, 0.29) is 5.91 Å². The molecule has 0 aliphatic carbocycles. The van der Waals surface area contributed by atoms with E-state index in [0.717, 1.165) is 38.6 Å². The Hall–Kier alpha value is -1.10. The second-order valence-corrected chi connectivity index (χ2v) is 5.96. The molecule has 19 heavy (non-hydrogen) atoms. The number of carboxylic acids is 1. The largest absolute Gasteiger partial charge is 0.480 e. The standard InChI is InChI=1S/C14H24N2O3/c1-3-14(8-6-9-15-14)11(17)16-10-5-4-7-13(16,2)12(18)19/h15H,3-10H2,1-2H3,(H,18,19). The Morgan fingerprint density at radius 2 is 2.00 bits per heavy atom. The zero-order valence-electron chi connectivity index (χ0n) is 11.9. The van der Waals surface area contributed by atoms with E-state index in [0.29, 0.717) is 13.0 Å². The number of nitrogens with one attached hydrogen (secondary N) is 1. The van der Waals surface area contributed by atoms with Crippen molar-refractivity contribution in [3.05, 3.63) is 0 Å². The normalized spacial score (nSPS) is 35.4. The first kappa shape index (κ1) is 14.3. The number of hydrogen-bond acceptors (Lipinski definition) is 3. The minimum Gasteiger partial charge on any atom is -0.480 e. The van der Waals surface area contributed by atoms with Gasteiger partial charge in [-0.05, 0) is 52.0 Å². The molecule has 2 rings (SSSR count). The molecule has 5 nitrogen and oxygen atoms in total. The first-order chi connectivity index (χ1) is 8.96. The fourth-order valence-electron chi connectivity index (χ4n) is 3.37. The van der Waals surface area contributed by atoms with Gasteiger partial charge in [0.15, 0.2) is 0 Å². The van der Waals surface area contributed by atoms with Gasteiger partial charge in [-0.15, -0.1) is 0 Å². The van der Waals surface area contributed by atoms with Crippen LogP contribution in [0.15, 0.2) is 0 Å². The van der Waals surface area contributed by atoms with Gasteiger partial charge < -0.3 is 15.3 Å². The zero-order chi connectivity index (χ0) is 14.1. The predicted molar refractivity (Wildman–Crippen MR) is 71.9 cm³/mol. The van der Waals surface area contributed by atoms with Gasteiger partial charge in [-0.2, -0.15) is 0 Å². The summed E-state index contributed by atoms with van der Waals surface area (Å²) in [4.78, 5) is 26.1. The van der Waals surface area contributed by atoms with Crippen LogP contribution >= 0.6 is 0 Å². The quantitative estimate of drug-likeness (QED) is 0.811. The Bertz CT molecular complexity index is 377. The van der Waals surface area contributed by atoms with Crippen molar-refractivity contribution in [3.63, 3.8) is 0 Å². The van der Waals surface area contributed by atoms with Gasteiger partial charge in [0.05, 0.1) is 5.54 Å². The highest BCUT2D eigenvalue weighted by atomic mass is 16.4. The van der Waals surface area contributed by atoms with Crippen LogP contribution < -0.4 is 5.32 Å². The summed E-state index contributed by atoms with van der Waals surface area (Å²) >= 11 is 0. The SMILES string of the molecule is CCC1(C(=O)N2CCCCC2(C)C(=O)O)CCCN1. The summed E-state index contributed by atoms with van der Waals surface area (Å²) in [5.74, 6) is -0.901. The Morgan fingerprint density at radius 1 is 1.26 bits per heavy atom. The predicted octanol–water partition coefficient (Wildman–Crippen LogP) is 1.37. The molecular formula is C14H24N2O3. The molecule has 2 N–H and O–H groups in total. The minimum absolute atomic E-state index is 0.0166. The van der Waals surface area contributed by atoms with Crippen LogP contribution in [-0.4, -0.2) is 46.1 Å². The van der Waals surface area contributed by atoms with Gasteiger partial charge in [0.25, 0.3) is 0 Å². The number of aliphatic carboxylic acids is 1. The molecule has 1 amide bonds. The van der Waals surface area contributed by atoms with Crippen molar-refractivity contribution in [2.24, 2.45) is 0 Å². The van der Waals surface area contributed by atoms with Crippen molar-refractivity contribution >= 4 is 11.9 Å². The van der Waals surface area contributed by atoms with E-state index >= 15 is 0 Å². The van der Waals surface area contributed by atoms with Crippen molar-refractivity contribution in [2.75, 3.05) is 13.1 Å². The van der Waals surface area contributed by atoms with E-state index in [1.165, 1.54) is 0 Å². The Kier molecular flexibility index (Phi) is 3.85. The van der Waals surface area contributed by atoms with Gasteiger partial charge in [0, 0.05) is 6.54 Å². The second kappa shape index (κ2) is 5.12. The third kappa shape index (κ3) is 2.24. The van der Waals surface area contributed by atoms with Crippen LogP contribution in [0.4, 0.5) is 0 Å². The number of rotatable bonds is 3. The van der Waals surface area contributed by atoms with E-state index in [1.807, 2.05) is 6.92 Å². The average Bonchev–Trinajstić information content (AvgIpc) is 2.88. The van der Waals surface area contributed by atoms with Gasteiger partial charge in [-0.3, -0.25) is 4.79 Å². The van der Waals surface area contributed by atoms with Crippen LogP contribution in [0.5, 0.6) is 0 Å². The van der Waals surface area contributed by atoms with E-state index in [4.69, 9.17) is 0 Å². The molecule has 2 atom stereocenters. The van der Waals surface area contributed by atoms with Crippen molar-refractivity contribution < 1.29 is 14.7 Å². The number of amides is 1. The van der Waals surface area contributed by atoms with Crippen molar-refractivity contribution in [3.8, 4) is 0 Å². The summed E-state index contributed by atoms with van der Waals surface area (Å²) in [6.07, 6.45) is 4.84. The molecule has 5 heteroatoms. The third-order valence-electron chi connectivity index (χ3n) is 4.85. The summed E-state index contributed by atoms with van der Waals surface area (Å²) in [5.41, 5.74) is -1.57. The first-order valence-electron chi connectivity index (χ1n) is 7.27. The fourth-order valence-corrected chi connectivity index (χ4v) is 3.37. The summed E-state index contributed by atoms with van der Waals surface area (Å²) < 4.78 is 0. The van der Waals surface area contributed by atoms with Crippen LogP contribution in [0.2, 0.25) is 0 Å². The highest BCUT2D eigenvalue weighted by molar-refractivity contribution is 5.92. The number of nitrogens with zero attached hydrogens (tertiary/aromatic N) is 1. The highest BCUT2D eigenvalue weighted by Gasteiger charge is 2.50. The lowest BCUT2D eigenvalue weighted by molar-refractivity contribution is -0.164. The minimum atomic E-state index is -1.04. The molecule has 0 aromatic carbocycles. The van der Waals surface area contributed by atoms with Crippen molar-refractivity contribution in [1.29, 1.82) is 0 Å². The Labute approximate surface area is 114 Å². The molecule has 2 aliphatic heterocycles. The molecule has 2 saturated heterocycles. The third-order valence-corrected chi connectivity index (χ3v) is 4.85. The smallest absolute Gasteiger partial charge is 0.329 e. The zero-order valence-corrected chi connectivity index (χ0v) is 11.9. The lowest BCUT2D eigenvalue weighted by atomic mass is 9.84. The number of carbonyl (C=O) groups excluding carboxylic acids is 1. The van der Waals surface area contributed by atoms with E-state index in [1.54, 1.807) is 11.8 Å². The van der Waals surface area contributed by atoms with Gasteiger partial charge in [0.2, 0.25) is 5.91 Å². The molecule has 0 aromatic heterocycles. The molecule has 0 bridgehead atoms. The maximum atomic E-state index is 12.9. The molecule has 0 saturated carbocycles. The molecule has 2 heterocycles. The molecule has 108 valence electrons. The van der Waals surface area contributed by atoms with Gasteiger partial charge >= 0.3 is 5.97 Å².